The zero-order valence-corrected chi connectivity index (χ0v) is 18.0. The van der Waals surface area contributed by atoms with E-state index in [2.05, 4.69) is 5.32 Å². The average molecular weight is 417 g/mol. The van der Waals surface area contributed by atoms with Crippen molar-refractivity contribution in [3.05, 3.63) is 53.6 Å². The van der Waals surface area contributed by atoms with Gasteiger partial charge >= 0.3 is 0 Å². The van der Waals surface area contributed by atoms with Gasteiger partial charge in [-0.15, -0.1) is 0 Å². The van der Waals surface area contributed by atoms with E-state index >= 15 is 0 Å². The lowest BCUT2D eigenvalue weighted by Gasteiger charge is -2.34. The smallest absolute Gasteiger partial charge is 0.243 e. The molecule has 1 N–H and O–H groups in total. The molecule has 0 aliphatic carbocycles. The van der Waals surface area contributed by atoms with Crippen molar-refractivity contribution in [2.45, 2.75) is 50.5 Å². The molecular formula is C22H28N2O4S. The van der Waals surface area contributed by atoms with Crippen molar-refractivity contribution in [3.63, 3.8) is 0 Å². The van der Waals surface area contributed by atoms with E-state index in [-0.39, 0.29) is 23.3 Å². The molecule has 156 valence electrons. The maximum absolute atomic E-state index is 13.2. The largest absolute Gasteiger partial charge is 0.497 e. The topological polar surface area (TPSA) is 75.7 Å². The molecule has 1 atom stereocenters. The summed E-state index contributed by atoms with van der Waals surface area (Å²) >= 11 is 0. The van der Waals surface area contributed by atoms with Crippen LogP contribution in [0.2, 0.25) is 0 Å². The molecule has 0 spiro atoms. The molecule has 1 fully saturated rings. The zero-order valence-electron chi connectivity index (χ0n) is 17.1. The van der Waals surface area contributed by atoms with Gasteiger partial charge < -0.3 is 10.1 Å². The lowest BCUT2D eigenvalue weighted by molar-refractivity contribution is -0.117. The number of anilines is 1. The van der Waals surface area contributed by atoms with Crippen molar-refractivity contribution >= 4 is 21.6 Å². The van der Waals surface area contributed by atoms with Gasteiger partial charge in [0.25, 0.3) is 0 Å². The number of sulfonamides is 1. The zero-order chi connectivity index (χ0) is 21.0. The first-order chi connectivity index (χ1) is 13.8. The number of piperidine rings is 1. The van der Waals surface area contributed by atoms with Gasteiger partial charge in [-0.1, -0.05) is 18.6 Å². The first-order valence-electron chi connectivity index (χ1n) is 9.84. The molecule has 0 aromatic heterocycles. The number of carbonyl (C=O) groups is 1. The Morgan fingerprint density at radius 3 is 2.55 bits per heavy atom. The van der Waals surface area contributed by atoms with E-state index in [9.17, 15) is 13.2 Å². The van der Waals surface area contributed by atoms with Crippen LogP contribution < -0.4 is 10.1 Å². The Kier molecular flexibility index (Phi) is 6.59. The molecule has 1 aliphatic rings. The van der Waals surface area contributed by atoms with Crippen LogP contribution in [0.1, 0.15) is 36.8 Å². The Morgan fingerprint density at radius 1 is 1.14 bits per heavy atom. The summed E-state index contributed by atoms with van der Waals surface area (Å²) in [5.41, 5.74) is 2.82. The van der Waals surface area contributed by atoms with Gasteiger partial charge in [0.2, 0.25) is 15.9 Å². The summed E-state index contributed by atoms with van der Waals surface area (Å²) in [4.78, 5) is 12.9. The maximum Gasteiger partial charge on any atom is 0.243 e. The number of methoxy groups -OCH3 is 1. The highest BCUT2D eigenvalue weighted by Gasteiger charge is 2.34. The number of nitrogens with one attached hydrogen (secondary N) is 1. The minimum absolute atomic E-state index is 0.142. The number of ether oxygens (including phenoxy) is 1. The standard InChI is InChI=1S/C22H28N2O4S/c1-16-7-8-17(2)21(14-16)23-22(25)15-18-6-4-5-13-24(18)29(26,27)20-11-9-19(28-3)10-12-20/h7-12,14,18H,4-6,13,15H2,1-3H3,(H,23,25). The Balaban J connectivity index is 1.76. The number of aryl methyl sites for hydroxylation is 2. The molecule has 2 aromatic carbocycles. The second kappa shape index (κ2) is 8.97. The molecule has 3 rings (SSSR count). The molecule has 1 saturated heterocycles. The highest BCUT2D eigenvalue weighted by atomic mass is 32.2. The summed E-state index contributed by atoms with van der Waals surface area (Å²) in [5.74, 6) is 0.438. The van der Waals surface area contributed by atoms with E-state index in [4.69, 9.17) is 4.74 Å². The van der Waals surface area contributed by atoms with Gasteiger partial charge in [-0.25, -0.2) is 8.42 Å². The molecular weight excluding hydrogens is 388 g/mol. The lowest BCUT2D eigenvalue weighted by Crippen LogP contribution is -2.45. The predicted molar refractivity (Wildman–Crippen MR) is 114 cm³/mol. The van der Waals surface area contributed by atoms with Crippen molar-refractivity contribution in [1.82, 2.24) is 4.31 Å². The first-order valence-corrected chi connectivity index (χ1v) is 11.3. The van der Waals surface area contributed by atoms with Crippen LogP contribution in [0, 0.1) is 13.8 Å². The second-order valence-electron chi connectivity index (χ2n) is 7.51. The molecule has 1 aliphatic heterocycles. The number of carbonyl (C=O) groups excluding carboxylic acids is 1. The van der Waals surface area contributed by atoms with Gasteiger partial charge in [0.1, 0.15) is 5.75 Å². The van der Waals surface area contributed by atoms with Crippen molar-refractivity contribution in [1.29, 1.82) is 0 Å². The highest BCUT2D eigenvalue weighted by Crippen LogP contribution is 2.28. The van der Waals surface area contributed by atoms with Crippen LogP contribution in [0.3, 0.4) is 0 Å². The van der Waals surface area contributed by atoms with Gasteiger partial charge in [-0.3, -0.25) is 4.79 Å². The second-order valence-corrected chi connectivity index (χ2v) is 9.40. The predicted octanol–water partition coefficient (Wildman–Crippen LogP) is 3.88. The van der Waals surface area contributed by atoms with E-state index in [1.54, 1.807) is 31.4 Å². The summed E-state index contributed by atoms with van der Waals surface area (Å²) in [6.45, 7) is 4.34. The monoisotopic (exact) mass is 416 g/mol. The van der Waals surface area contributed by atoms with Crippen molar-refractivity contribution in [2.75, 3.05) is 19.0 Å². The summed E-state index contributed by atoms with van der Waals surface area (Å²) in [7, 11) is -2.13. The number of benzene rings is 2. The van der Waals surface area contributed by atoms with Crippen molar-refractivity contribution in [3.8, 4) is 5.75 Å². The first kappa shape index (κ1) is 21.3. The quantitative estimate of drug-likeness (QED) is 0.775. The molecule has 1 amide bonds. The minimum Gasteiger partial charge on any atom is -0.497 e. The number of nitrogens with zero attached hydrogens (tertiary/aromatic N) is 1. The normalized spacial score (nSPS) is 17.7. The lowest BCUT2D eigenvalue weighted by atomic mass is 10.0. The molecule has 1 unspecified atom stereocenters. The Hall–Kier alpha value is -2.38. The number of rotatable bonds is 6. The van der Waals surface area contributed by atoms with Gasteiger partial charge in [-0.2, -0.15) is 4.31 Å². The third-order valence-corrected chi connectivity index (χ3v) is 7.29. The average Bonchev–Trinajstić information content (AvgIpc) is 2.71. The Bertz CT molecular complexity index is 971. The SMILES string of the molecule is COc1ccc(S(=O)(=O)N2CCCCC2CC(=O)Nc2cc(C)ccc2C)cc1. The van der Waals surface area contributed by atoms with Crippen LogP contribution in [0.5, 0.6) is 5.75 Å². The maximum atomic E-state index is 13.2. The molecule has 6 nitrogen and oxygen atoms in total. The van der Waals surface area contributed by atoms with Gasteiger partial charge in [0.15, 0.2) is 0 Å². The molecule has 29 heavy (non-hydrogen) atoms. The fraction of sp³-hybridized carbons (Fsp3) is 0.409. The van der Waals surface area contributed by atoms with Crippen LogP contribution in [-0.2, 0) is 14.8 Å². The van der Waals surface area contributed by atoms with Crippen LogP contribution in [0.15, 0.2) is 47.4 Å². The number of amides is 1. The molecule has 1 heterocycles. The molecule has 0 radical (unpaired) electrons. The van der Waals surface area contributed by atoms with Gasteiger partial charge in [0.05, 0.1) is 12.0 Å². The summed E-state index contributed by atoms with van der Waals surface area (Å²) in [6, 6.07) is 11.9. The fourth-order valence-corrected chi connectivity index (χ4v) is 5.36. The van der Waals surface area contributed by atoms with Gasteiger partial charge in [-0.05, 0) is 68.1 Å². The van der Waals surface area contributed by atoms with Crippen molar-refractivity contribution < 1.29 is 17.9 Å². The van der Waals surface area contributed by atoms with Crippen molar-refractivity contribution in [2.24, 2.45) is 0 Å². The third kappa shape index (κ3) is 4.97. The van der Waals surface area contributed by atoms with Crippen LogP contribution in [0.4, 0.5) is 5.69 Å². The van der Waals surface area contributed by atoms with Crippen LogP contribution in [0.25, 0.3) is 0 Å². The summed E-state index contributed by atoms with van der Waals surface area (Å²) in [6.07, 6.45) is 2.53. The number of hydrogen-bond donors (Lipinski definition) is 1. The van der Waals surface area contributed by atoms with E-state index in [1.165, 1.54) is 4.31 Å². The number of hydrogen-bond acceptors (Lipinski definition) is 4. The fourth-order valence-electron chi connectivity index (χ4n) is 3.66. The van der Waals surface area contributed by atoms with E-state index < -0.39 is 10.0 Å². The summed E-state index contributed by atoms with van der Waals surface area (Å²) in [5, 5.41) is 2.95. The Labute approximate surface area is 172 Å². The van der Waals surface area contributed by atoms with Crippen LogP contribution in [-0.4, -0.2) is 38.3 Å². The molecule has 7 heteroatoms. The molecule has 2 aromatic rings. The van der Waals surface area contributed by atoms with E-state index in [1.807, 2.05) is 32.0 Å². The third-order valence-electron chi connectivity index (χ3n) is 5.33. The van der Waals surface area contributed by atoms with E-state index in [0.29, 0.717) is 18.7 Å². The summed E-state index contributed by atoms with van der Waals surface area (Å²) < 4.78 is 33.0. The molecule has 0 bridgehead atoms. The minimum atomic E-state index is -3.67. The highest BCUT2D eigenvalue weighted by molar-refractivity contribution is 7.89. The Morgan fingerprint density at radius 2 is 1.86 bits per heavy atom. The molecule has 0 saturated carbocycles. The van der Waals surface area contributed by atoms with Crippen LogP contribution >= 0.6 is 0 Å². The van der Waals surface area contributed by atoms with Gasteiger partial charge in [0, 0.05) is 24.7 Å². The van der Waals surface area contributed by atoms with E-state index in [0.717, 1.165) is 29.7 Å².